The van der Waals surface area contributed by atoms with Crippen LogP contribution in [0.4, 0.5) is 0 Å². The van der Waals surface area contributed by atoms with E-state index in [1.807, 2.05) is 0 Å². The number of aryl methyl sites for hydroxylation is 2. The SMILES string of the molecule is Cc1ccc(C=CCC(C)C)cc1CCC=O. The summed E-state index contributed by atoms with van der Waals surface area (Å²) in [5, 5.41) is 0. The van der Waals surface area contributed by atoms with E-state index in [0.717, 1.165) is 19.1 Å². The lowest BCUT2D eigenvalue weighted by Gasteiger charge is -2.05. The molecule has 1 aromatic rings. The van der Waals surface area contributed by atoms with Crippen molar-refractivity contribution < 1.29 is 4.79 Å². The summed E-state index contributed by atoms with van der Waals surface area (Å²) in [5.74, 6) is 0.700. The minimum absolute atomic E-state index is 0.611. The van der Waals surface area contributed by atoms with Crippen molar-refractivity contribution >= 4 is 12.4 Å². The molecule has 0 radical (unpaired) electrons. The highest BCUT2D eigenvalue weighted by atomic mass is 16.1. The number of rotatable bonds is 6. The lowest BCUT2D eigenvalue weighted by atomic mass is 10.0. The maximum atomic E-state index is 10.4. The van der Waals surface area contributed by atoms with E-state index in [1.54, 1.807) is 0 Å². The van der Waals surface area contributed by atoms with E-state index in [1.165, 1.54) is 16.7 Å². The molecule has 0 aliphatic heterocycles. The molecule has 92 valence electrons. The van der Waals surface area contributed by atoms with E-state index < -0.39 is 0 Å². The van der Waals surface area contributed by atoms with Gasteiger partial charge in [0.2, 0.25) is 0 Å². The monoisotopic (exact) mass is 230 g/mol. The summed E-state index contributed by atoms with van der Waals surface area (Å²) in [6.07, 6.45) is 7.95. The van der Waals surface area contributed by atoms with E-state index in [9.17, 15) is 4.79 Å². The molecule has 0 saturated carbocycles. The predicted molar refractivity (Wildman–Crippen MR) is 74.1 cm³/mol. The molecule has 0 spiro atoms. The van der Waals surface area contributed by atoms with E-state index in [0.29, 0.717) is 12.3 Å². The van der Waals surface area contributed by atoms with E-state index in [4.69, 9.17) is 0 Å². The van der Waals surface area contributed by atoms with Crippen LogP contribution < -0.4 is 0 Å². The van der Waals surface area contributed by atoms with Gasteiger partial charge in [-0.2, -0.15) is 0 Å². The van der Waals surface area contributed by atoms with Gasteiger partial charge in [-0.05, 0) is 42.4 Å². The number of hydrogen-bond acceptors (Lipinski definition) is 1. The molecule has 0 aliphatic rings. The molecular formula is C16H22O. The Labute approximate surface area is 105 Å². The van der Waals surface area contributed by atoms with E-state index in [-0.39, 0.29) is 0 Å². The number of carbonyl (C=O) groups excluding carboxylic acids is 1. The Bertz CT molecular complexity index is 389. The fraction of sp³-hybridized carbons (Fsp3) is 0.438. The topological polar surface area (TPSA) is 17.1 Å². The Hall–Kier alpha value is -1.37. The van der Waals surface area contributed by atoms with Gasteiger partial charge in [0.05, 0.1) is 0 Å². The van der Waals surface area contributed by atoms with Crippen LogP contribution in [-0.4, -0.2) is 6.29 Å². The van der Waals surface area contributed by atoms with Crippen LogP contribution in [0, 0.1) is 12.8 Å². The zero-order valence-corrected chi connectivity index (χ0v) is 11.1. The van der Waals surface area contributed by atoms with Gasteiger partial charge in [-0.1, -0.05) is 44.2 Å². The van der Waals surface area contributed by atoms with Crippen molar-refractivity contribution in [2.24, 2.45) is 5.92 Å². The standard InChI is InChI=1S/C16H22O/c1-13(2)6-4-7-15-10-9-14(3)16(12-15)8-5-11-17/h4,7,9-13H,5-6,8H2,1-3H3. The predicted octanol–water partition coefficient (Wildman–Crippen LogP) is 4.19. The van der Waals surface area contributed by atoms with Gasteiger partial charge in [0.25, 0.3) is 0 Å². The van der Waals surface area contributed by atoms with Gasteiger partial charge in [-0.3, -0.25) is 0 Å². The first kappa shape index (κ1) is 13.7. The van der Waals surface area contributed by atoms with Crippen LogP contribution in [0.2, 0.25) is 0 Å². The highest BCUT2D eigenvalue weighted by Gasteiger charge is 1.99. The Kier molecular flexibility index (Phi) is 5.68. The maximum Gasteiger partial charge on any atom is 0.120 e. The number of hydrogen-bond donors (Lipinski definition) is 0. The number of aldehydes is 1. The molecule has 0 fully saturated rings. The van der Waals surface area contributed by atoms with Crippen molar-refractivity contribution in [2.75, 3.05) is 0 Å². The van der Waals surface area contributed by atoms with Crippen molar-refractivity contribution in [2.45, 2.75) is 40.0 Å². The molecule has 0 aliphatic carbocycles. The number of carbonyl (C=O) groups is 1. The quantitative estimate of drug-likeness (QED) is 0.670. The third-order valence-corrected chi connectivity index (χ3v) is 2.82. The van der Waals surface area contributed by atoms with Crippen LogP contribution in [0.3, 0.4) is 0 Å². The highest BCUT2D eigenvalue weighted by Crippen LogP contribution is 2.15. The van der Waals surface area contributed by atoms with Crippen LogP contribution in [0.25, 0.3) is 6.08 Å². The van der Waals surface area contributed by atoms with Crippen LogP contribution in [0.5, 0.6) is 0 Å². The van der Waals surface area contributed by atoms with E-state index >= 15 is 0 Å². The molecule has 0 heterocycles. The molecule has 1 rings (SSSR count). The van der Waals surface area contributed by atoms with Gasteiger partial charge >= 0.3 is 0 Å². The molecule has 0 aromatic heterocycles. The maximum absolute atomic E-state index is 10.4. The summed E-state index contributed by atoms with van der Waals surface area (Å²) in [4.78, 5) is 10.4. The minimum Gasteiger partial charge on any atom is -0.303 e. The zero-order valence-electron chi connectivity index (χ0n) is 11.1. The second-order valence-electron chi connectivity index (χ2n) is 4.92. The lowest BCUT2D eigenvalue weighted by molar-refractivity contribution is -0.107. The molecule has 0 amide bonds. The fourth-order valence-corrected chi connectivity index (χ4v) is 1.76. The lowest BCUT2D eigenvalue weighted by Crippen LogP contribution is -1.91. The molecule has 1 nitrogen and oxygen atoms in total. The summed E-state index contributed by atoms with van der Waals surface area (Å²) >= 11 is 0. The average molecular weight is 230 g/mol. The molecule has 0 N–H and O–H groups in total. The molecule has 0 unspecified atom stereocenters. The van der Waals surface area contributed by atoms with Gasteiger partial charge in [0, 0.05) is 6.42 Å². The summed E-state index contributed by atoms with van der Waals surface area (Å²) in [6.45, 7) is 6.53. The Morgan fingerprint density at radius 3 is 2.71 bits per heavy atom. The second kappa shape index (κ2) is 7.05. The summed E-state index contributed by atoms with van der Waals surface area (Å²) in [6, 6.07) is 6.46. The van der Waals surface area contributed by atoms with Gasteiger partial charge < -0.3 is 4.79 Å². The van der Waals surface area contributed by atoms with Gasteiger partial charge in [-0.15, -0.1) is 0 Å². The zero-order chi connectivity index (χ0) is 12.7. The van der Waals surface area contributed by atoms with Gasteiger partial charge in [0.1, 0.15) is 6.29 Å². The molecule has 0 atom stereocenters. The fourth-order valence-electron chi connectivity index (χ4n) is 1.76. The van der Waals surface area contributed by atoms with Crippen LogP contribution in [0.15, 0.2) is 24.3 Å². The van der Waals surface area contributed by atoms with Crippen LogP contribution in [0.1, 0.15) is 43.4 Å². The molecule has 1 heteroatoms. The van der Waals surface area contributed by atoms with Crippen molar-refractivity contribution in [3.05, 3.63) is 41.0 Å². The smallest absolute Gasteiger partial charge is 0.120 e. The van der Waals surface area contributed by atoms with Crippen LogP contribution >= 0.6 is 0 Å². The first-order chi connectivity index (χ1) is 8.13. The summed E-state index contributed by atoms with van der Waals surface area (Å²) < 4.78 is 0. The molecular weight excluding hydrogens is 208 g/mol. The third-order valence-electron chi connectivity index (χ3n) is 2.82. The van der Waals surface area contributed by atoms with Gasteiger partial charge in [-0.25, -0.2) is 0 Å². The Balaban J connectivity index is 2.73. The first-order valence-corrected chi connectivity index (χ1v) is 6.33. The van der Waals surface area contributed by atoms with Crippen molar-refractivity contribution in [1.82, 2.24) is 0 Å². The third kappa shape index (κ3) is 4.99. The summed E-state index contributed by atoms with van der Waals surface area (Å²) in [5.41, 5.74) is 3.79. The second-order valence-corrected chi connectivity index (χ2v) is 4.92. The average Bonchev–Trinajstić information content (AvgIpc) is 2.29. The Morgan fingerprint density at radius 2 is 2.06 bits per heavy atom. The molecule has 1 aromatic carbocycles. The van der Waals surface area contributed by atoms with E-state index in [2.05, 4.69) is 51.1 Å². The molecule has 17 heavy (non-hydrogen) atoms. The van der Waals surface area contributed by atoms with Gasteiger partial charge in [0.15, 0.2) is 0 Å². The largest absolute Gasteiger partial charge is 0.303 e. The van der Waals surface area contributed by atoms with Crippen LogP contribution in [-0.2, 0) is 11.2 Å². The number of allylic oxidation sites excluding steroid dienone is 1. The molecule has 0 bridgehead atoms. The highest BCUT2D eigenvalue weighted by molar-refractivity contribution is 5.54. The summed E-state index contributed by atoms with van der Waals surface area (Å²) in [7, 11) is 0. The normalized spacial score (nSPS) is 11.3. The van der Waals surface area contributed by atoms with Crippen molar-refractivity contribution in [3.63, 3.8) is 0 Å². The first-order valence-electron chi connectivity index (χ1n) is 6.33. The van der Waals surface area contributed by atoms with Crippen molar-refractivity contribution in [3.8, 4) is 0 Å². The number of benzene rings is 1. The van der Waals surface area contributed by atoms with Crippen molar-refractivity contribution in [1.29, 1.82) is 0 Å². The molecule has 0 saturated heterocycles. The minimum atomic E-state index is 0.611. The Morgan fingerprint density at radius 1 is 1.29 bits per heavy atom.